The van der Waals surface area contributed by atoms with E-state index in [1.54, 1.807) is 15.6 Å². The normalized spacial score (nSPS) is 19.2. The molecule has 3 rings (SSSR count). The molecule has 136 valence electrons. The topological polar surface area (TPSA) is 119 Å². The van der Waals surface area contributed by atoms with E-state index < -0.39 is 18.7 Å². The minimum Gasteiger partial charge on any atom is -0.393 e. The minimum absolute atomic E-state index is 0.0126. The number of aromatic nitrogens is 2. The molecule has 2 aliphatic heterocycles. The van der Waals surface area contributed by atoms with E-state index in [0.29, 0.717) is 25.2 Å². The average Bonchev–Trinajstić information content (AvgIpc) is 3.01. The molecule has 0 aromatic carbocycles. The lowest BCUT2D eigenvalue weighted by molar-refractivity contribution is -0.136. The van der Waals surface area contributed by atoms with Gasteiger partial charge in [0.15, 0.2) is 0 Å². The van der Waals surface area contributed by atoms with Gasteiger partial charge < -0.3 is 20.0 Å². The van der Waals surface area contributed by atoms with Crippen LogP contribution in [0.1, 0.15) is 23.9 Å². The van der Waals surface area contributed by atoms with Gasteiger partial charge in [0, 0.05) is 20.1 Å². The third-order valence-electron chi connectivity index (χ3n) is 4.42. The molecular weight excluding hydrogens is 330 g/mol. The fraction of sp³-hybridized carbons (Fsp3) is 0.600. The Hall–Kier alpha value is -2.46. The Morgan fingerprint density at radius 2 is 2.08 bits per heavy atom. The number of carbonyl (C=O) groups excluding carboxylic acids is 3. The minimum atomic E-state index is -1.06. The van der Waals surface area contributed by atoms with Crippen LogP contribution in [0.15, 0.2) is 6.07 Å². The largest absolute Gasteiger partial charge is 0.393 e. The second-order valence-electron chi connectivity index (χ2n) is 6.27. The van der Waals surface area contributed by atoms with E-state index in [4.69, 9.17) is 5.11 Å². The smallest absolute Gasteiger partial charge is 0.327 e. The first-order valence-corrected chi connectivity index (χ1v) is 8.09. The van der Waals surface area contributed by atoms with Gasteiger partial charge in [0.05, 0.1) is 24.5 Å². The molecule has 1 unspecified atom stereocenters. The van der Waals surface area contributed by atoms with Crippen molar-refractivity contribution in [1.82, 2.24) is 24.5 Å². The molecule has 4 amide bonds. The maximum Gasteiger partial charge on any atom is 0.327 e. The summed E-state index contributed by atoms with van der Waals surface area (Å²) in [5.74, 6) is -0.690. The molecule has 1 atom stereocenters. The molecule has 1 aromatic heterocycles. The highest BCUT2D eigenvalue weighted by molar-refractivity contribution is 6.04. The van der Waals surface area contributed by atoms with E-state index in [1.165, 1.54) is 11.9 Å². The van der Waals surface area contributed by atoms with Crippen LogP contribution in [-0.4, -0.2) is 85.8 Å². The maximum atomic E-state index is 12.6. The fourth-order valence-electron chi connectivity index (χ4n) is 3.01. The first kappa shape index (κ1) is 17.4. The Labute approximate surface area is 144 Å². The monoisotopic (exact) mass is 351 g/mol. The first-order valence-electron chi connectivity index (χ1n) is 8.09. The number of hydrogen-bond donors (Lipinski definition) is 2. The molecule has 0 aliphatic carbocycles. The van der Waals surface area contributed by atoms with Crippen LogP contribution in [0.4, 0.5) is 4.79 Å². The van der Waals surface area contributed by atoms with Crippen LogP contribution in [-0.2, 0) is 22.7 Å². The van der Waals surface area contributed by atoms with Crippen molar-refractivity contribution >= 4 is 17.8 Å². The number of hydrogen-bond acceptors (Lipinski definition) is 6. The second kappa shape index (κ2) is 6.81. The summed E-state index contributed by atoms with van der Waals surface area (Å²) in [6, 6.07) is 1.19. The number of amides is 4. The van der Waals surface area contributed by atoms with Crippen molar-refractivity contribution in [3.63, 3.8) is 0 Å². The summed E-state index contributed by atoms with van der Waals surface area (Å²) in [6.45, 7) is 0.638. The molecule has 10 nitrogen and oxygen atoms in total. The van der Waals surface area contributed by atoms with E-state index in [1.807, 2.05) is 0 Å². The zero-order valence-electron chi connectivity index (χ0n) is 14.0. The molecular formula is C15H21N5O5. The molecule has 1 saturated heterocycles. The van der Waals surface area contributed by atoms with Crippen LogP contribution < -0.4 is 0 Å². The number of aliphatic hydroxyl groups is 2. The van der Waals surface area contributed by atoms with Crippen molar-refractivity contribution in [3.8, 4) is 0 Å². The van der Waals surface area contributed by atoms with Crippen LogP contribution in [0.2, 0.25) is 0 Å². The predicted octanol–water partition coefficient (Wildman–Crippen LogP) is -1.46. The molecule has 1 fully saturated rings. The summed E-state index contributed by atoms with van der Waals surface area (Å²) in [6.07, 6.45) is -0.393. The van der Waals surface area contributed by atoms with Gasteiger partial charge in [-0.05, 0) is 12.5 Å². The molecule has 2 aliphatic rings. The molecule has 25 heavy (non-hydrogen) atoms. The van der Waals surface area contributed by atoms with Gasteiger partial charge in [0.1, 0.15) is 19.2 Å². The first-order chi connectivity index (χ1) is 11.9. The summed E-state index contributed by atoms with van der Waals surface area (Å²) in [5, 5.41) is 23.0. The number of imide groups is 1. The SMILES string of the molecule is CN1CC(=O)N(CC(=O)N2CCCn3nc(C(O)CO)cc3C2)C1=O. The van der Waals surface area contributed by atoms with Gasteiger partial charge in [0.25, 0.3) is 5.91 Å². The fourth-order valence-corrected chi connectivity index (χ4v) is 3.01. The lowest BCUT2D eigenvalue weighted by Crippen LogP contribution is -2.43. The third kappa shape index (κ3) is 3.35. The van der Waals surface area contributed by atoms with Crippen molar-refractivity contribution in [1.29, 1.82) is 0 Å². The Morgan fingerprint density at radius 3 is 2.72 bits per heavy atom. The van der Waals surface area contributed by atoms with Crippen LogP contribution in [0.25, 0.3) is 0 Å². The van der Waals surface area contributed by atoms with Crippen molar-refractivity contribution in [2.45, 2.75) is 25.6 Å². The van der Waals surface area contributed by atoms with Gasteiger partial charge in [-0.3, -0.25) is 19.2 Å². The number of aliphatic hydroxyl groups excluding tert-OH is 2. The van der Waals surface area contributed by atoms with Gasteiger partial charge in [-0.15, -0.1) is 0 Å². The molecule has 0 bridgehead atoms. The number of rotatable bonds is 4. The highest BCUT2D eigenvalue weighted by atomic mass is 16.3. The van der Waals surface area contributed by atoms with Crippen molar-refractivity contribution in [2.75, 3.05) is 33.3 Å². The third-order valence-corrected chi connectivity index (χ3v) is 4.42. The number of nitrogens with zero attached hydrogens (tertiary/aromatic N) is 5. The van der Waals surface area contributed by atoms with E-state index in [9.17, 15) is 19.5 Å². The number of carbonyl (C=O) groups is 3. The summed E-state index contributed by atoms with van der Waals surface area (Å²) in [4.78, 5) is 40.1. The zero-order chi connectivity index (χ0) is 18.1. The van der Waals surface area contributed by atoms with Crippen LogP contribution in [0, 0.1) is 0 Å². The number of likely N-dealkylation sites (N-methyl/N-ethyl adjacent to an activating group) is 1. The van der Waals surface area contributed by atoms with E-state index >= 15 is 0 Å². The molecule has 1 aromatic rings. The molecule has 10 heteroatoms. The summed E-state index contributed by atoms with van der Waals surface area (Å²) >= 11 is 0. The quantitative estimate of drug-likeness (QED) is 0.640. The lowest BCUT2D eigenvalue weighted by atomic mass is 10.2. The Bertz CT molecular complexity index is 702. The lowest BCUT2D eigenvalue weighted by Gasteiger charge is -2.22. The number of urea groups is 1. The van der Waals surface area contributed by atoms with Crippen LogP contribution in [0.5, 0.6) is 0 Å². The van der Waals surface area contributed by atoms with Crippen LogP contribution >= 0.6 is 0 Å². The van der Waals surface area contributed by atoms with E-state index in [0.717, 1.165) is 10.6 Å². The van der Waals surface area contributed by atoms with Gasteiger partial charge >= 0.3 is 6.03 Å². The Morgan fingerprint density at radius 1 is 1.32 bits per heavy atom. The highest BCUT2D eigenvalue weighted by Crippen LogP contribution is 2.18. The van der Waals surface area contributed by atoms with Crippen molar-refractivity contribution in [3.05, 3.63) is 17.5 Å². The van der Waals surface area contributed by atoms with Gasteiger partial charge in [-0.2, -0.15) is 5.10 Å². The number of aryl methyl sites for hydroxylation is 1. The Kier molecular flexibility index (Phi) is 4.73. The summed E-state index contributed by atoms with van der Waals surface area (Å²) in [5.41, 5.74) is 1.10. The average molecular weight is 351 g/mol. The van der Waals surface area contributed by atoms with E-state index in [2.05, 4.69) is 5.10 Å². The van der Waals surface area contributed by atoms with Gasteiger partial charge in [-0.25, -0.2) is 4.79 Å². The predicted molar refractivity (Wildman–Crippen MR) is 84.0 cm³/mol. The maximum absolute atomic E-state index is 12.6. The summed E-state index contributed by atoms with van der Waals surface area (Å²) in [7, 11) is 1.52. The number of fused-ring (bicyclic) bond motifs is 1. The van der Waals surface area contributed by atoms with E-state index in [-0.39, 0.29) is 31.4 Å². The molecule has 0 saturated carbocycles. The van der Waals surface area contributed by atoms with Crippen molar-refractivity contribution in [2.24, 2.45) is 0 Å². The standard InChI is InChI=1S/C15H21N5O5/c1-17-7-14(24)19(15(17)25)8-13(23)18-3-2-4-20-10(6-18)5-11(16-20)12(22)9-21/h5,12,21-22H,2-4,6-9H2,1H3. The van der Waals surface area contributed by atoms with Crippen molar-refractivity contribution < 1.29 is 24.6 Å². The zero-order valence-corrected chi connectivity index (χ0v) is 14.0. The Balaban J connectivity index is 1.71. The molecule has 0 radical (unpaired) electrons. The second-order valence-corrected chi connectivity index (χ2v) is 6.27. The van der Waals surface area contributed by atoms with Crippen LogP contribution in [0.3, 0.4) is 0 Å². The molecule has 3 heterocycles. The highest BCUT2D eigenvalue weighted by Gasteiger charge is 2.36. The van der Waals surface area contributed by atoms with Gasteiger partial charge in [0.2, 0.25) is 5.91 Å². The molecule has 2 N–H and O–H groups in total. The summed E-state index contributed by atoms with van der Waals surface area (Å²) < 4.78 is 1.71. The molecule has 0 spiro atoms. The van der Waals surface area contributed by atoms with Gasteiger partial charge in [-0.1, -0.05) is 0 Å².